The summed E-state index contributed by atoms with van der Waals surface area (Å²) in [6.07, 6.45) is 17.0. The molecule has 728 valence electrons. The standard InChI is InChI=1S/C49H58N8O7.C46H53N7O5.C9H16O5.CH4/c1-27(2)39(54-46(60)62-5)44(58)56-26-49(18-19-49)23-38(56)42-50-25-37(52-42)33-15-14-31-20-30(12-13-32(31)21-33)28-8-10-29(11-9-28)36-24-51-43(53-36)40-34-16-17-35(22-34)57(40)45(59)41(48(3,4)64-7)55-47(61)63-6;1-26(2)38(51-43(55)57-6)42(54)52-25-46(17-18-46)22-37(52)40-47-24-36(49-40)32-14-13-30-19-29(11-12-31(30)20-32)27-7-9-28(10-8-27)35-23-48-41(50-35)39-33-15-16-34(21-33)53(39)44(56)58-45(3,4)5;1-9(2,14-4)6(8(11)12)5-7(10)13-3;/h8-15,20-21,24-25,27,34-35,38-41H,16-19,22-23,26H2,1-7H3,(H,50,52)(H,51,53)(H,54,60)(H,55,61);7-14,19-20,23-24,26,33-34,37-39H,15-18,21-22,25H2,1-6H3,(H,47,49)(H,48,50)(H,51,55);6H,5H2,1-4H3,(H,11,12);1H4/t34-,35+,38-,39-,40-,41+;33-,34+,37-,38-,39-;6-;/m001./s1. The molecule has 0 unspecified atom stereocenters. The number of benzene rings is 6. The maximum absolute atomic E-state index is 14.3. The molecular weight excluding hydrogens is 1740 g/mol. The summed E-state index contributed by atoms with van der Waals surface area (Å²) in [6, 6.07) is 39.9. The van der Waals surface area contributed by atoms with Gasteiger partial charge in [-0.15, -0.1) is 0 Å². The van der Waals surface area contributed by atoms with E-state index in [1.54, 1.807) is 27.7 Å². The van der Waals surface area contributed by atoms with Crippen LogP contribution in [0.4, 0.5) is 19.2 Å². The number of fused-ring (bicyclic) bond motifs is 6. The number of methoxy groups -OCH3 is 6. The fourth-order valence-corrected chi connectivity index (χ4v) is 20.9. The molecule has 137 heavy (non-hydrogen) atoms. The molecule has 32 nitrogen and oxygen atoms in total. The van der Waals surface area contributed by atoms with Gasteiger partial charge < -0.3 is 88.9 Å². The average molecular weight is 1880 g/mol. The predicted octanol–water partition coefficient (Wildman–Crippen LogP) is 18.4. The van der Waals surface area contributed by atoms with E-state index in [9.17, 15) is 43.2 Å². The van der Waals surface area contributed by atoms with Crippen molar-refractivity contribution in [2.45, 2.75) is 238 Å². The van der Waals surface area contributed by atoms with Gasteiger partial charge in [-0.25, -0.2) is 39.1 Å². The number of carboxylic acids is 1. The number of aromatic nitrogens is 8. The molecular formula is C105H131N15O17. The zero-order chi connectivity index (χ0) is 96.9. The lowest BCUT2D eigenvalue weighted by Crippen LogP contribution is -2.60. The van der Waals surface area contributed by atoms with Crippen molar-refractivity contribution in [2.24, 2.45) is 40.4 Å². The number of piperidine rings is 2. The molecule has 12 atom stereocenters. The Hall–Kier alpha value is -13.0. The molecule has 4 aromatic heterocycles. The van der Waals surface area contributed by atoms with E-state index in [0.717, 1.165) is 189 Å². The van der Waals surface area contributed by atoms with Gasteiger partial charge in [0.05, 0.1) is 124 Å². The first-order valence-electron chi connectivity index (χ1n) is 47.2. The quantitative estimate of drug-likeness (QED) is 0.0195. The van der Waals surface area contributed by atoms with E-state index >= 15 is 0 Å². The number of carbonyl (C=O) groups is 9. The first-order chi connectivity index (χ1) is 64.8. The Morgan fingerprint density at radius 3 is 1.16 bits per heavy atom. The first-order valence-corrected chi connectivity index (χ1v) is 47.2. The average Bonchev–Trinajstić information content (AvgIpc) is 1.54. The van der Waals surface area contributed by atoms with Crippen LogP contribution in [0.5, 0.6) is 0 Å². The number of rotatable bonds is 25. The molecule has 8 N–H and O–H groups in total. The second-order valence-corrected chi connectivity index (χ2v) is 40.9. The minimum atomic E-state index is -1.07. The minimum absolute atomic E-state index is 0. The van der Waals surface area contributed by atoms with Gasteiger partial charge in [0.1, 0.15) is 47.0 Å². The van der Waals surface area contributed by atoms with Crippen LogP contribution >= 0.6 is 0 Å². The molecule has 4 bridgehead atoms. The summed E-state index contributed by atoms with van der Waals surface area (Å²) >= 11 is 0. The molecule has 4 aliphatic heterocycles. The molecule has 6 aromatic carbocycles. The van der Waals surface area contributed by atoms with Crippen LogP contribution in [0.3, 0.4) is 0 Å². The summed E-state index contributed by atoms with van der Waals surface area (Å²) in [4.78, 5) is 155. The van der Waals surface area contributed by atoms with Gasteiger partial charge in [-0.1, -0.05) is 132 Å². The number of imidazole rings is 4. The summed E-state index contributed by atoms with van der Waals surface area (Å²) < 4.78 is 35.4. The van der Waals surface area contributed by atoms with Crippen LogP contribution in [0.2, 0.25) is 0 Å². The minimum Gasteiger partial charge on any atom is -0.481 e. The summed E-state index contributed by atoms with van der Waals surface area (Å²) in [7, 11) is 8.06. The molecule has 2 spiro atoms. The lowest BCUT2D eigenvalue weighted by atomic mass is 9.88. The van der Waals surface area contributed by atoms with Crippen molar-refractivity contribution in [3.8, 4) is 67.3 Å². The lowest BCUT2D eigenvalue weighted by molar-refractivity contribution is -0.160. The van der Waals surface area contributed by atoms with Crippen molar-refractivity contribution >= 4 is 75.6 Å². The highest BCUT2D eigenvalue weighted by Gasteiger charge is 2.59. The van der Waals surface area contributed by atoms with Crippen LogP contribution in [0.15, 0.2) is 146 Å². The van der Waals surface area contributed by atoms with E-state index in [0.29, 0.717) is 19.0 Å². The molecule has 4 saturated carbocycles. The number of carboxylic acid groups (broad SMARTS) is 1. The molecule has 18 rings (SSSR count). The number of carbonyl (C=O) groups excluding carboxylic acids is 8. The Labute approximate surface area is 799 Å². The van der Waals surface area contributed by atoms with E-state index in [4.69, 9.17) is 53.5 Å². The van der Waals surface area contributed by atoms with Crippen molar-refractivity contribution in [3.63, 3.8) is 0 Å². The smallest absolute Gasteiger partial charge is 0.411 e. The Kier molecular flexibility index (Phi) is 28.5. The lowest BCUT2D eigenvalue weighted by Gasteiger charge is -2.40. The number of nitrogens with one attached hydrogen (secondary N) is 7. The van der Waals surface area contributed by atoms with E-state index in [-0.39, 0.29) is 102 Å². The van der Waals surface area contributed by atoms with Gasteiger partial charge in [-0.2, -0.15) is 0 Å². The highest BCUT2D eigenvalue weighted by molar-refractivity contribution is 5.94. The second-order valence-electron chi connectivity index (χ2n) is 40.9. The molecule has 7 amide bonds. The third kappa shape index (κ3) is 20.8. The van der Waals surface area contributed by atoms with Crippen molar-refractivity contribution in [1.29, 1.82) is 0 Å². The molecule has 4 aliphatic carbocycles. The van der Waals surface area contributed by atoms with E-state index < -0.39 is 71.1 Å². The van der Waals surface area contributed by atoms with Crippen LogP contribution in [0.25, 0.3) is 88.8 Å². The van der Waals surface area contributed by atoms with Crippen LogP contribution in [-0.4, -0.2) is 221 Å². The monoisotopic (exact) mass is 1870 g/mol. The number of likely N-dealkylation sites (tertiary alicyclic amines) is 4. The molecule has 8 aliphatic rings. The Balaban J connectivity index is 0.000000182. The van der Waals surface area contributed by atoms with Crippen molar-refractivity contribution in [1.82, 2.24) is 75.4 Å². The van der Waals surface area contributed by atoms with Gasteiger partial charge in [0.2, 0.25) is 17.7 Å². The summed E-state index contributed by atoms with van der Waals surface area (Å²) in [6.45, 7) is 21.6. The third-order valence-corrected chi connectivity index (χ3v) is 29.4. The SMILES string of the molecule is C.COC(=O)C[C@H](C(=O)O)C(C)(C)OC.COC(=O)N[C@H](C(=O)N1CC2(CC2)C[C@H]1c1ncc(-c2ccc3cc(-c4ccc(-c5cnc([C@@H]6[C@H]7CC[C@H](C7)N6C(=O)OC(C)(C)C)[nH]5)cc4)ccc3c2)[nH]1)C(C)C.COC(=O)N[C@H](C(=O)N1CC2(CC2)C[C@H]1c1ncc(-c2ccc3cc(-c4ccc(-c5cnc([C@@H]6[C@H]7CC[C@H](C7)N6C(=O)[C@@H](NC(=O)OC)C(C)(C)OC)[nH]5)cc4)ccc3c2)[nH]1)C(C)C. The molecule has 10 aromatic rings. The summed E-state index contributed by atoms with van der Waals surface area (Å²) in [5, 5.41) is 21.6. The van der Waals surface area contributed by atoms with Gasteiger partial charge in [-0.05, 0) is 239 Å². The van der Waals surface area contributed by atoms with Gasteiger partial charge in [0, 0.05) is 50.5 Å². The summed E-state index contributed by atoms with van der Waals surface area (Å²) in [5.41, 5.74) is 9.84. The maximum Gasteiger partial charge on any atom is 0.411 e. The Bertz CT molecular complexity index is 6120. The molecule has 32 heteroatoms. The zero-order valence-corrected chi connectivity index (χ0v) is 80.6. The van der Waals surface area contributed by atoms with E-state index in [1.807, 2.05) is 92.9 Å². The summed E-state index contributed by atoms with van der Waals surface area (Å²) in [5.74, 6) is 0.584. The number of nitrogens with zero attached hydrogens (tertiary/aromatic N) is 8. The Morgan fingerprint density at radius 2 is 0.788 bits per heavy atom. The predicted molar refractivity (Wildman–Crippen MR) is 518 cm³/mol. The third-order valence-electron chi connectivity index (χ3n) is 29.4. The highest BCUT2D eigenvalue weighted by atomic mass is 16.6. The van der Waals surface area contributed by atoms with Crippen molar-refractivity contribution < 1.29 is 81.4 Å². The fraction of sp³-hybridized carbons (Fsp3) is 0.495. The fourth-order valence-electron chi connectivity index (χ4n) is 20.9. The first kappa shape index (κ1) is 98.5. The van der Waals surface area contributed by atoms with Crippen molar-refractivity contribution in [2.75, 3.05) is 55.7 Å². The molecule has 4 saturated heterocycles. The van der Waals surface area contributed by atoms with Gasteiger partial charge in [0.15, 0.2) is 0 Å². The largest absolute Gasteiger partial charge is 0.481 e. The number of amides is 7. The number of esters is 1. The number of aromatic amines is 4. The number of aliphatic carboxylic acids is 1. The van der Waals surface area contributed by atoms with Crippen LogP contribution in [0, 0.1) is 40.4 Å². The number of hydrogen-bond acceptors (Lipinski definition) is 20. The van der Waals surface area contributed by atoms with Crippen LogP contribution in [0.1, 0.15) is 215 Å². The number of H-pyrrole nitrogens is 4. The highest BCUT2D eigenvalue weighted by Crippen LogP contribution is 2.60. The molecule has 8 fully saturated rings. The Morgan fingerprint density at radius 1 is 0.438 bits per heavy atom. The number of ether oxygens (including phenoxy) is 7. The zero-order valence-electron chi connectivity index (χ0n) is 80.6. The number of alkyl carbamates (subject to hydrolysis) is 3. The second kappa shape index (κ2) is 39.6. The van der Waals surface area contributed by atoms with Crippen LogP contribution < -0.4 is 16.0 Å². The van der Waals surface area contributed by atoms with Gasteiger partial charge in [0.25, 0.3) is 0 Å². The number of hydrogen-bond donors (Lipinski definition) is 8. The molecule has 8 heterocycles. The van der Waals surface area contributed by atoms with Gasteiger partial charge in [-0.3, -0.25) is 28.9 Å². The van der Waals surface area contributed by atoms with Crippen molar-refractivity contribution in [3.05, 3.63) is 169 Å². The molecule has 0 radical (unpaired) electrons. The topological polar surface area (TPSA) is 402 Å². The van der Waals surface area contributed by atoms with Crippen LogP contribution in [-0.2, 0) is 57.1 Å². The maximum atomic E-state index is 14.3. The normalized spacial score (nSPS) is 21.2. The van der Waals surface area contributed by atoms with E-state index in [1.165, 1.54) is 42.7 Å². The van der Waals surface area contributed by atoms with E-state index in [2.05, 4.69) is 162 Å². The van der Waals surface area contributed by atoms with Gasteiger partial charge >= 0.3 is 36.3 Å².